The predicted molar refractivity (Wildman–Crippen MR) is 75.9 cm³/mol. The van der Waals surface area contributed by atoms with Crippen LogP contribution in [0.25, 0.3) is 0 Å². The zero-order valence-electron chi connectivity index (χ0n) is 11.5. The van der Waals surface area contributed by atoms with E-state index < -0.39 is 6.95 Å². The molecule has 0 aliphatic heterocycles. The van der Waals surface area contributed by atoms with Crippen molar-refractivity contribution in [2.75, 3.05) is 0 Å². The van der Waals surface area contributed by atoms with Crippen molar-refractivity contribution >= 4 is 15.9 Å². The Morgan fingerprint density at radius 3 is 0.714 bits per heavy atom. The monoisotopic (exact) mass is 235 g/mol. The summed E-state index contributed by atoms with van der Waals surface area (Å²) < 4.78 is 0. The van der Waals surface area contributed by atoms with Crippen LogP contribution in [0.15, 0.2) is 0 Å². The van der Waals surface area contributed by atoms with Gasteiger partial charge in [0.1, 0.15) is 0 Å². The van der Waals surface area contributed by atoms with Crippen molar-refractivity contribution in [2.24, 2.45) is 0 Å². The molecule has 1 atom stereocenters. The van der Waals surface area contributed by atoms with E-state index in [0.717, 1.165) is 0 Å². The summed E-state index contributed by atoms with van der Waals surface area (Å²) in [5, 5.41) is 1.19. The van der Waals surface area contributed by atoms with Crippen LogP contribution >= 0.6 is 15.9 Å². The van der Waals surface area contributed by atoms with E-state index in [4.69, 9.17) is 0 Å². The first-order valence-corrected chi connectivity index (χ1v) is 8.84. The van der Waals surface area contributed by atoms with Crippen LogP contribution in [0.1, 0.15) is 62.3 Å². The molecule has 0 aromatic heterocycles. The molecule has 0 heterocycles. The third kappa shape index (κ3) is 2.33. The molecule has 0 rings (SSSR count). The lowest BCUT2D eigenvalue weighted by atomic mass is 10.2. The summed E-state index contributed by atoms with van der Waals surface area (Å²) in [5.41, 5.74) is 0. The van der Waals surface area contributed by atoms with Crippen molar-refractivity contribution in [3.8, 4) is 0 Å². The SMILES string of the molecule is CC(C)(C)[P+](P)(C(C)(C)C)C(C)(C)C. The molecule has 2 heteroatoms. The molecular formula is C12H29P2+. The van der Waals surface area contributed by atoms with Crippen LogP contribution < -0.4 is 0 Å². The van der Waals surface area contributed by atoms with E-state index in [1.54, 1.807) is 0 Å². The van der Waals surface area contributed by atoms with E-state index in [2.05, 4.69) is 71.2 Å². The van der Waals surface area contributed by atoms with E-state index in [1.807, 2.05) is 0 Å². The van der Waals surface area contributed by atoms with Gasteiger partial charge in [0.05, 0.1) is 15.5 Å². The topological polar surface area (TPSA) is 0 Å². The Morgan fingerprint density at radius 2 is 0.714 bits per heavy atom. The normalized spacial score (nSPS) is 15.9. The quantitative estimate of drug-likeness (QED) is 0.507. The molecule has 0 radical (unpaired) electrons. The van der Waals surface area contributed by atoms with Crippen LogP contribution in [-0.4, -0.2) is 15.5 Å². The van der Waals surface area contributed by atoms with Crippen LogP contribution in [0.2, 0.25) is 0 Å². The Morgan fingerprint density at radius 1 is 0.571 bits per heavy atom. The van der Waals surface area contributed by atoms with Gasteiger partial charge in [-0.05, 0) is 62.3 Å². The molecule has 0 saturated heterocycles. The van der Waals surface area contributed by atoms with E-state index in [9.17, 15) is 0 Å². The van der Waals surface area contributed by atoms with Crippen molar-refractivity contribution in [3.63, 3.8) is 0 Å². The highest BCUT2D eigenvalue weighted by molar-refractivity contribution is 8.26. The van der Waals surface area contributed by atoms with Gasteiger partial charge in [0, 0.05) is 15.9 Å². The average molecular weight is 235 g/mol. The van der Waals surface area contributed by atoms with Crippen molar-refractivity contribution in [1.29, 1.82) is 0 Å². The molecule has 0 aromatic carbocycles. The zero-order chi connectivity index (χ0) is 12.0. The van der Waals surface area contributed by atoms with Crippen LogP contribution in [-0.2, 0) is 0 Å². The second-order valence-electron chi connectivity index (χ2n) is 7.24. The molecule has 86 valence electrons. The van der Waals surface area contributed by atoms with Gasteiger partial charge in [-0.3, -0.25) is 0 Å². The summed E-state index contributed by atoms with van der Waals surface area (Å²) in [5.74, 6) is 0. The van der Waals surface area contributed by atoms with Gasteiger partial charge in [-0.1, -0.05) is 0 Å². The summed E-state index contributed by atoms with van der Waals surface area (Å²) in [6.45, 7) is 20.4. The van der Waals surface area contributed by atoms with Gasteiger partial charge in [-0.2, -0.15) is 0 Å². The first-order valence-electron chi connectivity index (χ1n) is 5.43. The minimum atomic E-state index is -1.10. The van der Waals surface area contributed by atoms with Gasteiger partial charge in [-0.15, -0.1) is 0 Å². The molecule has 0 aliphatic rings. The van der Waals surface area contributed by atoms with Gasteiger partial charge < -0.3 is 0 Å². The van der Waals surface area contributed by atoms with Crippen LogP contribution in [0, 0.1) is 0 Å². The van der Waals surface area contributed by atoms with Gasteiger partial charge in [0.15, 0.2) is 0 Å². The molecule has 0 aromatic rings. The summed E-state index contributed by atoms with van der Waals surface area (Å²) in [4.78, 5) is 0. The van der Waals surface area contributed by atoms with Crippen molar-refractivity contribution < 1.29 is 0 Å². The molecule has 14 heavy (non-hydrogen) atoms. The fourth-order valence-electron chi connectivity index (χ4n) is 3.02. The largest absolute Gasteiger partial charge is 0.0743 e. The molecule has 0 nitrogen and oxygen atoms in total. The Balaban J connectivity index is 5.54. The van der Waals surface area contributed by atoms with Gasteiger partial charge in [0.2, 0.25) is 0 Å². The van der Waals surface area contributed by atoms with E-state index in [-0.39, 0.29) is 0 Å². The molecule has 1 unspecified atom stereocenters. The Labute approximate surface area is 94.1 Å². The average Bonchev–Trinajstić information content (AvgIpc) is 1.77. The minimum Gasteiger partial charge on any atom is -0.0258 e. The Bertz CT molecular complexity index is 162. The molecule has 0 fully saturated rings. The Kier molecular flexibility index (Phi) is 3.94. The van der Waals surface area contributed by atoms with Crippen LogP contribution in [0.4, 0.5) is 0 Å². The molecule has 0 amide bonds. The number of rotatable bonds is 0. The maximum atomic E-state index is 3.26. The van der Waals surface area contributed by atoms with Gasteiger partial charge in [-0.25, -0.2) is 0 Å². The minimum absolute atomic E-state index is 0.397. The Hall–Kier alpha value is 0.860. The highest BCUT2D eigenvalue weighted by Gasteiger charge is 2.61. The highest BCUT2D eigenvalue weighted by Crippen LogP contribution is 2.88. The second kappa shape index (κ2) is 3.71. The summed E-state index contributed by atoms with van der Waals surface area (Å²) >= 11 is 0. The lowest BCUT2D eigenvalue weighted by Gasteiger charge is -2.51. The molecule has 0 aliphatic carbocycles. The lowest BCUT2D eigenvalue weighted by molar-refractivity contribution is 0.637. The molecular weight excluding hydrogens is 206 g/mol. The first kappa shape index (κ1) is 14.9. The summed E-state index contributed by atoms with van der Waals surface area (Å²) in [6.07, 6.45) is 0. The molecule has 0 bridgehead atoms. The van der Waals surface area contributed by atoms with Crippen molar-refractivity contribution in [3.05, 3.63) is 0 Å². The number of hydrogen-bond acceptors (Lipinski definition) is 0. The molecule has 0 N–H and O–H groups in total. The fraction of sp³-hybridized carbons (Fsp3) is 1.00. The van der Waals surface area contributed by atoms with Crippen molar-refractivity contribution in [1.82, 2.24) is 0 Å². The number of hydrogen-bond donors (Lipinski definition) is 0. The van der Waals surface area contributed by atoms with E-state index >= 15 is 0 Å². The fourth-order valence-corrected chi connectivity index (χ4v) is 9.06. The lowest BCUT2D eigenvalue weighted by Crippen LogP contribution is -2.40. The maximum absolute atomic E-state index is 3.26. The van der Waals surface area contributed by atoms with Gasteiger partial charge >= 0.3 is 0 Å². The van der Waals surface area contributed by atoms with E-state index in [1.165, 1.54) is 0 Å². The zero-order valence-corrected chi connectivity index (χ0v) is 13.6. The molecule has 0 saturated carbocycles. The summed E-state index contributed by atoms with van der Waals surface area (Å²) in [6, 6.07) is 0. The smallest absolute Gasteiger partial charge is 0.0258 e. The maximum Gasteiger partial charge on any atom is 0.0743 e. The van der Waals surface area contributed by atoms with Crippen LogP contribution in [0.3, 0.4) is 0 Å². The standard InChI is InChI=1S/C12H29P2/c1-10(2,3)14(13,11(4,5)6)12(7,8)9/h13H2,1-9H3/q+1. The third-order valence-corrected chi connectivity index (χ3v) is 16.5. The van der Waals surface area contributed by atoms with Crippen LogP contribution in [0.5, 0.6) is 0 Å². The third-order valence-electron chi connectivity index (χ3n) is 3.17. The van der Waals surface area contributed by atoms with Crippen molar-refractivity contribution in [2.45, 2.75) is 77.8 Å². The first-order chi connectivity index (χ1) is 5.75. The van der Waals surface area contributed by atoms with Gasteiger partial charge in [0.25, 0.3) is 0 Å². The predicted octanol–water partition coefficient (Wildman–Crippen LogP) is 5.19. The second-order valence-corrected chi connectivity index (χ2v) is 15.0. The highest BCUT2D eigenvalue weighted by atomic mass is 32.1. The van der Waals surface area contributed by atoms with E-state index in [0.29, 0.717) is 15.5 Å². The summed E-state index contributed by atoms with van der Waals surface area (Å²) in [7, 11) is 3.26. The molecule has 0 spiro atoms.